The van der Waals surface area contributed by atoms with E-state index in [2.05, 4.69) is 0 Å². The normalized spacial score (nSPS) is 17.5. The topological polar surface area (TPSA) is 49.6 Å². The average Bonchev–Trinajstić information content (AvgIpc) is 2.17. The molecule has 4 nitrogen and oxygen atoms in total. The molecule has 1 heterocycles. The Balaban J connectivity index is 0.00000169. The summed E-state index contributed by atoms with van der Waals surface area (Å²) in [5.74, 6) is 0.617. The van der Waals surface area contributed by atoms with Crippen LogP contribution in [0.3, 0.4) is 0 Å². The molecular formula is C9H20ClN3O. The average molecular weight is 222 g/mol. The second kappa shape index (κ2) is 6.09. The molecule has 0 aromatic heterocycles. The first kappa shape index (κ1) is 13.5. The van der Waals surface area contributed by atoms with Crippen molar-refractivity contribution >= 4 is 18.4 Å². The molecule has 0 atom stereocenters. The highest BCUT2D eigenvalue weighted by molar-refractivity contribution is 5.85. The Hall–Kier alpha value is -0.480. The van der Waals surface area contributed by atoms with Crippen LogP contribution < -0.4 is 5.73 Å². The van der Waals surface area contributed by atoms with E-state index in [1.807, 2.05) is 4.90 Å². The lowest BCUT2D eigenvalue weighted by Crippen LogP contribution is -2.44. The third-order valence-electron chi connectivity index (χ3n) is 2.60. The first-order valence-corrected chi connectivity index (χ1v) is 4.81. The molecule has 2 amide bonds. The fourth-order valence-corrected chi connectivity index (χ4v) is 1.64. The number of piperidine rings is 1. The molecule has 5 heteroatoms. The van der Waals surface area contributed by atoms with Crippen LogP contribution in [0, 0.1) is 5.92 Å². The molecule has 0 unspecified atom stereocenters. The van der Waals surface area contributed by atoms with Gasteiger partial charge in [-0.25, -0.2) is 4.79 Å². The Bertz CT molecular complexity index is 179. The maximum atomic E-state index is 11.5. The fraction of sp³-hybridized carbons (Fsp3) is 0.889. The smallest absolute Gasteiger partial charge is 0.319 e. The summed E-state index contributed by atoms with van der Waals surface area (Å²) in [5, 5.41) is 0. The Labute approximate surface area is 91.8 Å². The Morgan fingerprint density at radius 3 is 2.29 bits per heavy atom. The van der Waals surface area contributed by atoms with Crippen molar-refractivity contribution in [1.29, 1.82) is 0 Å². The van der Waals surface area contributed by atoms with Gasteiger partial charge in [0.1, 0.15) is 0 Å². The van der Waals surface area contributed by atoms with E-state index in [0.717, 1.165) is 32.5 Å². The van der Waals surface area contributed by atoms with Gasteiger partial charge in [0.2, 0.25) is 0 Å². The molecule has 0 bridgehead atoms. The number of rotatable bonds is 1. The molecule has 0 aliphatic carbocycles. The SMILES string of the molecule is CN(C)C(=O)N1CCC(CN)CC1.Cl. The van der Waals surface area contributed by atoms with Crippen LogP contribution in [0.4, 0.5) is 4.79 Å². The van der Waals surface area contributed by atoms with Crippen LogP contribution >= 0.6 is 12.4 Å². The van der Waals surface area contributed by atoms with Crippen molar-refractivity contribution in [3.63, 3.8) is 0 Å². The highest BCUT2D eigenvalue weighted by Crippen LogP contribution is 2.16. The number of amides is 2. The van der Waals surface area contributed by atoms with Crippen LogP contribution in [-0.4, -0.2) is 49.6 Å². The van der Waals surface area contributed by atoms with E-state index in [9.17, 15) is 4.79 Å². The van der Waals surface area contributed by atoms with E-state index in [4.69, 9.17) is 5.73 Å². The number of nitrogens with zero attached hydrogens (tertiary/aromatic N) is 2. The summed E-state index contributed by atoms with van der Waals surface area (Å²) in [6.07, 6.45) is 2.10. The molecule has 0 aromatic rings. The summed E-state index contributed by atoms with van der Waals surface area (Å²) >= 11 is 0. The van der Waals surface area contributed by atoms with Crippen molar-refractivity contribution in [2.75, 3.05) is 33.7 Å². The second-order valence-corrected chi connectivity index (χ2v) is 3.84. The first-order valence-electron chi connectivity index (χ1n) is 4.81. The highest BCUT2D eigenvalue weighted by atomic mass is 35.5. The molecule has 0 spiro atoms. The molecule has 1 aliphatic rings. The molecule has 1 rings (SSSR count). The zero-order chi connectivity index (χ0) is 9.84. The lowest BCUT2D eigenvalue weighted by molar-refractivity contribution is 0.148. The predicted molar refractivity (Wildman–Crippen MR) is 59.7 cm³/mol. The minimum atomic E-state index is 0. The summed E-state index contributed by atoms with van der Waals surface area (Å²) < 4.78 is 0. The van der Waals surface area contributed by atoms with Crippen LogP contribution in [0.2, 0.25) is 0 Å². The minimum Gasteiger partial charge on any atom is -0.331 e. The number of carbonyl (C=O) groups is 1. The maximum Gasteiger partial charge on any atom is 0.319 e. The summed E-state index contributed by atoms with van der Waals surface area (Å²) in [4.78, 5) is 15.0. The van der Waals surface area contributed by atoms with Gasteiger partial charge in [0.25, 0.3) is 0 Å². The van der Waals surface area contributed by atoms with Crippen molar-refractivity contribution < 1.29 is 4.79 Å². The van der Waals surface area contributed by atoms with Gasteiger partial charge in [-0.05, 0) is 25.3 Å². The number of urea groups is 1. The summed E-state index contributed by atoms with van der Waals surface area (Å²) in [6, 6.07) is 0.121. The number of halogens is 1. The quantitative estimate of drug-likeness (QED) is 0.711. The van der Waals surface area contributed by atoms with Crippen molar-refractivity contribution in [3.05, 3.63) is 0 Å². The van der Waals surface area contributed by atoms with Crippen LogP contribution in [0.5, 0.6) is 0 Å². The summed E-state index contributed by atoms with van der Waals surface area (Å²) in [7, 11) is 3.58. The zero-order valence-corrected chi connectivity index (χ0v) is 9.72. The highest BCUT2D eigenvalue weighted by Gasteiger charge is 2.22. The van der Waals surface area contributed by atoms with Gasteiger partial charge in [-0.1, -0.05) is 0 Å². The molecule has 1 fully saturated rings. The Morgan fingerprint density at radius 2 is 1.93 bits per heavy atom. The molecule has 1 saturated heterocycles. The van der Waals surface area contributed by atoms with Gasteiger partial charge in [0, 0.05) is 27.2 Å². The molecule has 2 N–H and O–H groups in total. The van der Waals surface area contributed by atoms with Gasteiger partial charge in [-0.15, -0.1) is 12.4 Å². The van der Waals surface area contributed by atoms with E-state index in [1.165, 1.54) is 0 Å². The van der Waals surface area contributed by atoms with Gasteiger partial charge in [0.15, 0.2) is 0 Å². The molecule has 0 radical (unpaired) electrons. The second-order valence-electron chi connectivity index (χ2n) is 3.84. The molecule has 1 aliphatic heterocycles. The minimum absolute atomic E-state index is 0. The Kier molecular flexibility index (Phi) is 5.88. The zero-order valence-electron chi connectivity index (χ0n) is 8.90. The van der Waals surface area contributed by atoms with Gasteiger partial charge < -0.3 is 15.5 Å². The van der Waals surface area contributed by atoms with Crippen molar-refractivity contribution in [1.82, 2.24) is 9.80 Å². The first-order chi connectivity index (χ1) is 6.15. The summed E-state index contributed by atoms with van der Waals surface area (Å²) in [6.45, 7) is 2.47. The van der Waals surface area contributed by atoms with Crippen LogP contribution in [0.25, 0.3) is 0 Å². The van der Waals surface area contributed by atoms with Gasteiger partial charge in [-0.2, -0.15) is 0 Å². The van der Waals surface area contributed by atoms with E-state index in [1.54, 1.807) is 19.0 Å². The number of hydrogen-bond donors (Lipinski definition) is 1. The molecule has 14 heavy (non-hydrogen) atoms. The van der Waals surface area contributed by atoms with Crippen molar-refractivity contribution in [2.45, 2.75) is 12.8 Å². The van der Waals surface area contributed by atoms with E-state index < -0.39 is 0 Å². The lowest BCUT2D eigenvalue weighted by Gasteiger charge is -2.33. The van der Waals surface area contributed by atoms with Gasteiger partial charge in [0.05, 0.1) is 0 Å². The molecular weight excluding hydrogens is 202 g/mol. The predicted octanol–water partition coefficient (Wildman–Crippen LogP) is 0.760. The number of carbonyl (C=O) groups excluding carboxylic acids is 1. The lowest BCUT2D eigenvalue weighted by atomic mass is 9.97. The van der Waals surface area contributed by atoms with Crippen LogP contribution in [0.1, 0.15) is 12.8 Å². The van der Waals surface area contributed by atoms with Crippen LogP contribution in [-0.2, 0) is 0 Å². The molecule has 0 saturated carbocycles. The number of hydrogen-bond acceptors (Lipinski definition) is 2. The van der Waals surface area contributed by atoms with Gasteiger partial charge in [-0.3, -0.25) is 0 Å². The summed E-state index contributed by atoms with van der Waals surface area (Å²) in [5.41, 5.74) is 5.57. The van der Waals surface area contributed by atoms with E-state index in [0.29, 0.717) is 5.92 Å². The van der Waals surface area contributed by atoms with Crippen LogP contribution in [0.15, 0.2) is 0 Å². The van der Waals surface area contributed by atoms with Crippen molar-refractivity contribution in [2.24, 2.45) is 11.7 Å². The third kappa shape index (κ3) is 3.35. The number of likely N-dealkylation sites (tertiary alicyclic amines) is 1. The molecule has 0 aromatic carbocycles. The standard InChI is InChI=1S/C9H19N3O.ClH/c1-11(2)9(13)12-5-3-8(7-10)4-6-12;/h8H,3-7,10H2,1-2H3;1H. The monoisotopic (exact) mass is 221 g/mol. The third-order valence-corrected chi connectivity index (χ3v) is 2.60. The number of nitrogens with two attached hydrogens (primary N) is 1. The fourth-order valence-electron chi connectivity index (χ4n) is 1.64. The van der Waals surface area contributed by atoms with Crippen molar-refractivity contribution in [3.8, 4) is 0 Å². The van der Waals surface area contributed by atoms with Gasteiger partial charge >= 0.3 is 6.03 Å². The van der Waals surface area contributed by atoms with E-state index in [-0.39, 0.29) is 18.4 Å². The maximum absolute atomic E-state index is 11.5. The largest absolute Gasteiger partial charge is 0.331 e. The van der Waals surface area contributed by atoms with E-state index >= 15 is 0 Å². The molecule has 84 valence electrons. The Morgan fingerprint density at radius 1 is 1.43 bits per heavy atom.